The quantitative estimate of drug-likeness (QED) is 0.179. The predicted octanol–water partition coefficient (Wildman–Crippen LogP) is 6.35. The maximum absolute atomic E-state index is 13.2. The zero-order chi connectivity index (χ0) is 25.8. The molecule has 0 aromatic heterocycles. The highest BCUT2D eigenvalue weighted by molar-refractivity contribution is 14.1. The lowest BCUT2D eigenvalue weighted by molar-refractivity contribution is -0.122. The standard InChI is InChI=1S/C26H19BrClIN2O5/c1-2-35-22-13-16(12-20(29)23(22)36-14-15-7-9-17(27)10-8-15)11-18-24(32)30-26(34)31(25(18)33)21-6-4-3-5-19(21)28/h3-13H,2,14H2,1H3,(H,30,32,34)/b18-11+. The molecule has 1 aliphatic heterocycles. The minimum Gasteiger partial charge on any atom is -0.490 e. The monoisotopic (exact) mass is 680 g/mol. The number of carbonyl (C=O) groups excluding carboxylic acids is 3. The number of hydrogen-bond donors (Lipinski definition) is 1. The van der Waals surface area contributed by atoms with Crippen molar-refractivity contribution in [1.29, 1.82) is 0 Å². The van der Waals surface area contributed by atoms with Gasteiger partial charge in [-0.05, 0) is 83.1 Å². The maximum Gasteiger partial charge on any atom is 0.335 e. The number of urea groups is 1. The molecule has 7 nitrogen and oxygen atoms in total. The third-order valence-electron chi connectivity index (χ3n) is 5.13. The Balaban J connectivity index is 1.66. The van der Waals surface area contributed by atoms with Gasteiger partial charge in [0.1, 0.15) is 12.2 Å². The number of benzene rings is 3. The van der Waals surface area contributed by atoms with Crippen LogP contribution in [0.25, 0.3) is 6.08 Å². The normalized spacial score (nSPS) is 14.7. The van der Waals surface area contributed by atoms with Crippen molar-refractivity contribution in [2.45, 2.75) is 13.5 Å². The summed E-state index contributed by atoms with van der Waals surface area (Å²) in [4.78, 5) is 39.1. The van der Waals surface area contributed by atoms with E-state index in [-0.39, 0.29) is 16.3 Å². The Morgan fingerprint density at radius 2 is 1.78 bits per heavy atom. The first-order chi connectivity index (χ1) is 17.3. The molecule has 184 valence electrons. The average molecular weight is 682 g/mol. The van der Waals surface area contributed by atoms with Crippen molar-refractivity contribution < 1.29 is 23.9 Å². The van der Waals surface area contributed by atoms with Gasteiger partial charge in [-0.15, -0.1) is 0 Å². The predicted molar refractivity (Wildman–Crippen MR) is 149 cm³/mol. The molecule has 4 amide bonds. The fourth-order valence-electron chi connectivity index (χ4n) is 3.49. The van der Waals surface area contributed by atoms with Crippen LogP contribution in [0.3, 0.4) is 0 Å². The van der Waals surface area contributed by atoms with Gasteiger partial charge < -0.3 is 9.47 Å². The van der Waals surface area contributed by atoms with Gasteiger partial charge in [0.15, 0.2) is 11.5 Å². The summed E-state index contributed by atoms with van der Waals surface area (Å²) in [5, 5.41) is 2.41. The van der Waals surface area contributed by atoms with Crippen LogP contribution in [0.2, 0.25) is 5.02 Å². The first-order valence-corrected chi connectivity index (χ1v) is 13.0. The SMILES string of the molecule is CCOc1cc(/C=C2\C(=O)NC(=O)N(c3ccccc3Cl)C2=O)cc(I)c1OCc1ccc(Br)cc1. The molecule has 0 atom stereocenters. The molecule has 0 spiro atoms. The summed E-state index contributed by atoms with van der Waals surface area (Å²) in [7, 11) is 0. The number of rotatable bonds is 7. The van der Waals surface area contributed by atoms with Crippen LogP contribution >= 0.6 is 50.1 Å². The van der Waals surface area contributed by atoms with Crippen molar-refractivity contribution in [3.8, 4) is 11.5 Å². The minimum absolute atomic E-state index is 0.182. The van der Waals surface area contributed by atoms with Gasteiger partial charge in [-0.2, -0.15) is 0 Å². The van der Waals surface area contributed by atoms with Crippen molar-refractivity contribution in [3.05, 3.63) is 90.4 Å². The van der Waals surface area contributed by atoms with E-state index in [2.05, 4.69) is 43.8 Å². The van der Waals surface area contributed by atoms with E-state index in [1.54, 1.807) is 30.3 Å². The molecule has 1 N–H and O–H groups in total. The Morgan fingerprint density at radius 3 is 2.47 bits per heavy atom. The number of nitrogens with zero attached hydrogens (tertiary/aromatic N) is 1. The molecular formula is C26H19BrClIN2O5. The Morgan fingerprint density at radius 1 is 1.06 bits per heavy atom. The molecule has 3 aromatic rings. The van der Waals surface area contributed by atoms with Crippen molar-refractivity contribution in [1.82, 2.24) is 5.32 Å². The summed E-state index contributed by atoms with van der Waals surface area (Å²) in [6, 6.07) is 16.8. The van der Waals surface area contributed by atoms with E-state index < -0.39 is 17.8 Å². The second kappa shape index (κ2) is 11.4. The number of anilines is 1. The van der Waals surface area contributed by atoms with Gasteiger partial charge in [-0.3, -0.25) is 14.9 Å². The summed E-state index contributed by atoms with van der Waals surface area (Å²) in [5.74, 6) is -0.553. The Labute approximate surface area is 234 Å². The number of para-hydroxylation sites is 1. The number of nitrogens with one attached hydrogen (secondary N) is 1. The van der Waals surface area contributed by atoms with Gasteiger partial charge in [0.05, 0.1) is 20.9 Å². The van der Waals surface area contributed by atoms with Crippen molar-refractivity contribution in [3.63, 3.8) is 0 Å². The molecule has 1 saturated heterocycles. The van der Waals surface area contributed by atoms with E-state index in [0.717, 1.165) is 18.5 Å². The van der Waals surface area contributed by atoms with Crippen LogP contribution < -0.4 is 19.7 Å². The number of amides is 4. The summed E-state index contributed by atoms with van der Waals surface area (Å²) in [6.07, 6.45) is 1.41. The third-order valence-corrected chi connectivity index (χ3v) is 6.78. The molecule has 4 rings (SSSR count). The maximum atomic E-state index is 13.2. The number of imide groups is 2. The van der Waals surface area contributed by atoms with Crippen LogP contribution in [0.5, 0.6) is 11.5 Å². The van der Waals surface area contributed by atoms with Gasteiger partial charge >= 0.3 is 6.03 Å². The summed E-state index contributed by atoms with van der Waals surface area (Å²) in [6.45, 7) is 2.57. The fraction of sp³-hybridized carbons (Fsp3) is 0.115. The van der Waals surface area contributed by atoms with Crippen molar-refractivity contribution in [2.24, 2.45) is 0 Å². The Kier molecular flexibility index (Phi) is 8.32. The smallest absolute Gasteiger partial charge is 0.335 e. The van der Waals surface area contributed by atoms with E-state index in [9.17, 15) is 14.4 Å². The van der Waals surface area contributed by atoms with Crippen LogP contribution in [0.15, 0.2) is 70.7 Å². The zero-order valence-corrected chi connectivity index (χ0v) is 23.4. The van der Waals surface area contributed by atoms with Crippen LogP contribution in [0.4, 0.5) is 10.5 Å². The van der Waals surface area contributed by atoms with E-state index in [1.165, 1.54) is 12.1 Å². The van der Waals surface area contributed by atoms with E-state index >= 15 is 0 Å². The Bertz CT molecular complexity index is 1380. The van der Waals surface area contributed by atoms with Gasteiger partial charge in [0.25, 0.3) is 11.8 Å². The molecular weight excluding hydrogens is 663 g/mol. The summed E-state index contributed by atoms with van der Waals surface area (Å²) >= 11 is 11.7. The minimum atomic E-state index is -0.864. The lowest BCUT2D eigenvalue weighted by atomic mass is 10.1. The van der Waals surface area contributed by atoms with Crippen LogP contribution in [-0.2, 0) is 16.2 Å². The molecule has 1 fully saturated rings. The van der Waals surface area contributed by atoms with Crippen molar-refractivity contribution in [2.75, 3.05) is 11.5 Å². The number of hydrogen-bond acceptors (Lipinski definition) is 5. The summed E-state index contributed by atoms with van der Waals surface area (Å²) in [5.41, 5.74) is 1.49. The number of barbiturate groups is 1. The molecule has 0 saturated carbocycles. The second-order valence-electron chi connectivity index (χ2n) is 7.59. The van der Waals surface area contributed by atoms with Gasteiger partial charge in [0.2, 0.25) is 0 Å². The lowest BCUT2D eigenvalue weighted by Crippen LogP contribution is -2.54. The molecule has 10 heteroatoms. The van der Waals surface area contributed by atoms with Gasteiger partial charge in [-0.1, -0.05) is 51.8 Å². The van der Waals surface area contributed by atoms with E-state index in [4.69, 9.17) is 21.1 Å². The Hall–Kier alpha value is -2.89. The lowest BCUT2D eigenvalue weighted by Gasteiger charge is -2.27. The van der Waals surface area contributed by atoms with Gasteiger partial charge in [-0.25, -0.2) is 9.69 Å². The number of halogens is 3. The molecule has 1 aliphatic rings. The zero-order valence-electron chi connectivity index (χ0n) is 18.9. The first kappa shape index (κ1) is 26.2. The topological polar surface area (TPSA) is 84.9 Å². The fourth-order valence-corrected chi connectivity index (χ4v) is 4.75. The number of ether oxygens (including phenoxy) is 2. The molecule has 0 radical (unpaired) electrons. The molecule has 3 aromatic carbocycles. The third kappa shape index (κ3) is 5.74. The van der Waals surface area contributed by atoms with E-state index in [1.807, 2.05) is 31.2 Å². The largest absolute Gasteiger partial charge is 0.490 e. The number of carbonyl (C=O) groups is 3. The van der Waals surface area contributed by atoms with Crippen molar-refractivity contribution >= 4 is 79.7 Å². The molecule has 36 heavy (non-hydrogen) atoms. The van der Waals surface area contributed by atoms with E-state index in [0.29, 0.717) is 30.3 Å². The molecule has 0 unspecified atom stereocenters. The average Bonchev–Trinajstić information content (AvgIpc) is 2.83. The second-order valence-corrected chi connectivity index (χ2v) is 10.1. The molecule has 0 bridgehead atoms. The molecule has 0 aliphatic carbocycles. The van der Waals surface area contributed by atoms with Gasteiger partial charge in [0, 0.05) is 4.47 Å². The van der Waals surface area contributed by atoms with Crippen LogP contribution in [-0.4, -0.2) is 24.5 Å². The summed E-state index contributed by atoms with van der Waals surface area (Å²) < 4.78 is 13.6. The highest BCUT2D eigenvalue weighted by Gasteiger charge is 2.37. The first-order valence-electron chi connectivity index (χ1n) is 10.8. The van der Waals surface area contributed by atoms with Crippen LogP contribution in [0.1, 0.15) is 18.1 Å². The molecule has 1 heterocycles. The highest BCUT2D eigenvalue weighted by Crippen LogP contribution is 2.36. The highest BCUT2D eigenvalue weighted by atomic mass is 127. The van der Waals surface area contributed by atoms with Crippen LogP contribution in [0, 0.1) is 3.57 Å².